The molecule has 2 amide bonds. The molecule has 250 valence electrons. The van der Waals surface area contributed by atoms with Crippen LogP contribution in [0.5, 0.6) is 0 Å². The summed E-state index contributed by atoms with van der Waals surface area (Å²) in [6.07, 6.45) is 1.63. The Balaban J connectivity index is 0.000000243. The average molecular weight is 635 g/mol. The fourth-order valence-corrected chi connectivity index (χ4v) is 4.88. The molecule has 0 aromatic heterocycles. The van der Waals surface area contributed by atoms with E-state index in [2.05, 4.69) is 69.8 Å². The molecule has 0 unspecified atom stereocenters. The molecule has 46 heavy (non-hydrogen) atoms. The minimum absolute atomic E-state index is 0.0877. The molecule has 10 heteroatoms. The summed E-state index contributed by atoms with van der Waals surface area (Å²) in [5.41, 5.74) is 2.49. The number of hydrogen-bond acceptors (Lipinski definition) is 8. The lowest BCUT2D eigenvalue weighted by Gasteiger charge is -2.14. The van der Waals surface area contributed by atoms with Gasteiger partial charge in [0.15, 0.2) is 11.6 Å². The lowest BCUT2D eigenvalue weighted by atomic mass is 9.95. The molecule has 0 bridgehead atoms. The minimum atomic E-state index is -0.468. The Bertz CT molecular complexity index is 1260. The van der Waals surface area contributed by atoms with Gasteiger partial charge in [0.25, 0.3) is 11.8 Å². The van der Waals surface area contributed by atoms with Gasteiger partial charge in [-0.1, -0.05) is 101 Å². The zero-order valence-electron chi connectivity index (χ0n) is 27.9. The van der Waals surface area contributed by atoms with Gasteiger partial charge < -0.3 is 31.5 Å². The van der Waals surface area contributed by atoms with Crippen LogP contribution >= 0.6 is 0 Å². The topological polar surface area (TPSA) is 157 Å². The van der Waals surface area contributed by atoms with Crippen molar-refractivity contribution in [3.05, 3.63) is 94.5 Å². The summed E-state index contributed by atoms with van der Waals surface area (Å²) in [6, 6.07) is 20.0. The molecule has 4 rings (SSSR count). The molecule has 2 aromatic rings. The predicted octanol–water partition coefficient (Wildman–Crippen LogP) is 4.43. The average Bonchev–Trinajstić information content (AvgIpc) is 3.52. The van der Waals surface area contributed by atoms with Crippen LogP contribution in [-0.2, 0) is 32.3 Å². The molecule has 2 aromatic carbocycles. The first-order valence-electron chi connectivity index (χ1n) is 15.9. The molecule has 0 spiro atoms. The number of hydrogen-bond donors (Lipinski definition) is 6. The van der Waals surface area contributed by atoms with Crippen molar-refractivity contribution in [3.63, 3.8) is 0 Å². The Morgan fingerprint density at radius 2 is 0.978 bits per heavy atom. The van der Waals surface area contributed by atoms with Crippen molar-refractivity contribution in [2.24, 2.45) is 11.8 Å². The Morgan fingerprint density at radius 3 is 1.24 bits per heavy atom. The first kappa shape index (κ1) is 37.9. The molecule has 2 saturated heterocycles. The summed E-state index contributed by atoms with van der Waals surface area (Å²) in [5.74, 6) is -1.68. The van der Waals surface area contributed by atoms with E-state index in [0.29, 0.717) is 0 Å². The summed E-state index contributed by atoms with van der Waals surface area (Å²) < 4.78 is 0. The monoisotopic (exact) mass is 634 g/mol. The second-order valence-electron chi connectivity index (χ2n) is 11.6. The smallest absolute Gasteiger partial charge is 0.259 e. The second-order valence-corrected chi connectivity index (χ2v) is 11.6. The molecular weight excluding hydrogens is 584 g/mol. The van der Waals surface area contributed by atoms with Crippen LogP contribution in [0.1, 0.15) is 65.5 Å². The Labute approximate surface area is 272 Å². The highest BCUT2D eigenvalue weighted by molar-refractivity contribution is 6.27. The molecule has 2 heterocycles. The number of nitrogens with one attached hydrogen (secondary N) is 4. The van der Waals surface area contributed by atoms with Crippen LogP contribution in [0.2, 0.25) is 0 Å². The number of allylic oxidation sites excluding steroid dienone is 2. The lowest BCUT2D eigenvalue weighted by molar-refractivity contribution is -0.119. The summed E-state index contributed by atoms with van der Waals surface area (Å²) in [5, 5.41) is 30.3. The molecule has 2 aliphatic heterocycles. The largest absolute Gasteiger partial charge is 0.512 e. The first-order chi connectivity index (χ1) is 21.9. The number of ketones is 2. The van der Waals surface area contributed by atoms with Crippen molar-refractivity contribution in [2.75, 3.05) is 13.1 Å². The fraction of sp³-hybridized carbons (Fsp3) is 0.444. The number of amides is 2. The fourth-order valence-electron chi connectivity index (χ4n) is 4.88. The van der Waals surface area contributed by atoms with Crippen LogP contribution in [0.4, 0.5) is 0 Å². The molecule has 4 atom stereocenters. The Hall–Kier alpha value is -4.28. The maximum atomic E-state index is 11.7. The van der Waals surface area contributed by atoms with Gasteiger partial charge in [0, 0.05) is 26.2 Å². The number of carbonyl (C=O) groups excluding carboxylic acids is 4. The molecule has 10 nitrogen and oxygen atoms in total. The van der Waals surface area contributed by atoms with Gasteiger partial charge in [0.2, 0.25) is 0 Å². The van der Waals surface area contributed by atoms with Crippen LogP contribution in [-0.4, -0.2) is 58.8 Å². The van der Waals surface area contributed by atoms with E-state index in [-0.39, 0.29) is 46.1 Å². The normalized spacial score (nSPS) is 20.8. The van der Waals surface area contributed by atoms with Gasteiger partial charge >= 0.3 is 0 Å². The van der Waals surface area contributed by atoms with E-state index in [0.717, 1.165) is 39.0 Å². The van der Waals surface area contributed by atoms with Gasteiger partial charge in [-0.15, -0.1) is 0 Å². The van der Waals surface area contributed by atoms with Crippen LogP contribution in [0.15, 0.2) is 83.3 Å². The predicted molar refractivity (Wildman–Crippen MR) is 180 cm³/mol. The third-order valence-corrected chi connectivity index (χ3v) is 8.06. The van der Waals surface area contributed by atoms with Crippen LogP contribution in [0, 0.1) is 11.8 Å². The van der Waals surface area contributed by atoms with Gasteiger partial charge in [-0.3, -0.25) is 19.2 Å². The highest BCUT2D eigenvalue weighted by atomic mass is 16.3. The summed E-state index contributed by atoms with van der Waals surface area (Å²) in [7, 11) is 0. The van der Waals surface area contributed by atoms with E-state index in [4.69, 9.17) is 10.2 Å². The highest BCUT2D eigenvalue weighted by Gasteiger charge is 2.40. The molecule has 0 saturated carbocycles. The van der Waals surface area contributed by atoms with Gasteiger partial charge in [0.1, 0.15) is 22.7 Å². The first-order valence-corrected chi connectivity index (χ1v) is 15.9. The maximum Gasteiger partial charge on any atom is 0.259 e. The number of aliphatic hydroxyl groups is 2. The van der Waals surface area contributed by atoms with Gasteiger partial charge in [-0.25, -0.2) is 0 Å². The molecular formula is C36H50N4O6. The molecule has 0 radical (unpaired) electrons. The number of rotatable bonds is 11. The van der Waals surface area contributed by atoms with E-state index in [1.807, 2.05) is 39.8 Å². The molecule has 0 aliphatic carbocycles. The van der Waals surface area contributed by atoms with Crippen molar-refractivity contribution < 1.29 is 29.4 Å². The molecule has 2 aliphatic rings. The number of Topliss-reactive ketones (excluding diaryl/α,β-unsaturated/α-hetero) is 2. The van der Waals surface area contributed by atoms with Crippen LogP contribution < -0.4 is 21.3 Å². The van der Waals surface area contributed by atoms with E-state index in [1.54, 1.807) is 0 Å². The quantitative estimate of drug-likeness (QED) is 0.0918. The maximum absolute atomic E-state index is 11.7. The zero-order valence-corrected chi connectivity index (χ0v) is 27.9. The van der Waals surface area contributed by atoms with Crippen LogP contribution in [0.25, 0.3) is 0 Å². The number of benzene rings is 2. The minimum Gasteiger partial charge on any atom is -0.512 e. The Kier molecular flexibility index (Phi) is 15.9. The number of aliphatic hydroxyl groups excluding tert-OH is 2. The third kappa shape index (κ3) is 11.3. The third-order valence-electron chi connectivity index (χ3n) is 8.06. The van der Waals surface area contributed by atoms with Gasteiger partial charge in [0.05, 0.1) is 12.1 Å². The summed E-state index contributed by atoms with van der Waals surface area (Å²) in [4.78, 5) is 45.9. The van der Waals surface area contributed by atoms with Gasteiger partial charge in [-0.2, -0.15) is 0 Å². The van der Waals surface area contributed by atoms with Crippen molar-refractivity contribution in [3.8, 4) is 0 Å². The van der Waals surface area contributed by atoms with Crippen LogP contribution in [0.3, 0.4) is 0 Å². The zero-order chi connectivity index (χ0) is 34.2. The van der Waals surface area contributed by atoms with E-state index >= 15 is 0 Å². The molecule has 6 N–H and O–H groups in total. The van der Waals surface area contributed by atoms with Crippen molar-refractivity contribution >= 4 is 23.4 Å². The standard InChI is InChI=1S/C16H20N2.2C10H15NO3/c1-3-7-15(8-4-1)13-17-11-12-18-14-16-9-5-2-6-10-16;2*1-4-5(2)8-9(13)7(6(3)12)10(14)11-8/h1-10,17-18H,11-14H2;2*5,8,12H,4H2,1-3H3,(H,11,14)/b;2*7-6+/t;2*5-,8-/m.00/s1. The van der Waals surface area contributed by atoms with E-state index in [1.165, 1.54) is 25.0 Å². The van der Waals surface area contributed by atoms with Crippen molar-refractivity contribution in [2.45, 2.75) is 79.6 Å². The lowest BCUT2D eigenvalue weighted by Crippen LogP contribution is -2.35. The Morgan fingerprint density at radius 1 is 0.652 bits per heavy atom. The van der Waals surface area contributed by atoms with E-state index < -0.39 is 23.9 Å². The second kappa shape index (κ2) is 19.3. The highest BCUT2D eigenvalue weighted by Crippen LogP contribution is 2.21. The van der Waals surface area contributed by atoms with Crippen molar-refractivity contribution in [1.82, 2.24) is 21.3 Å². The SMILES string of the molecule is CC[C@H](C)[C@@H]1NC(=O)/C(=C(\C)O)C1=O.CC[C@H](C)[C@@H]1NC(=O)/C(=C(\C)O)C1=O.c1ccc(CNCCNCc2ccccc2)cc1. The summed E-state index contributed by atoms with van der Waals surface area (Å²) >= 11 is 0. The molecule has 2 fully saturated rings. The number of carbonyl (C=O) groups is 4. The van der Waals surface area contributed by atoms with Crippen molar-refractivity contribution in [1.29, 1.82) is 0 Å². The van der Waals surface area contributed by atoms with Gasteiger partial charge in [-0.05, 0) is 36.8 Å². The van der Waals surface area contributed by atoms with E-state index in [9.17, 15) is 19.2 Å². The summed E-state index contributed by atoms with van der Waals surface area (Å²) in [6.45, 7) is 14.3.